The monoisotopic (exact) mass is 312 g/mol. The molecule has 0 nitrogen and oxygen atoms in total. The quantitative estimate of drug-likeness (QED) is 0.423. The first-order valence-electron chi connectivity index (χ1n) is 9.95. The van der Waals surface area contributed by atoms with Gasteiger partial charge in [-0.15, -0.1) is 0 Å². The molecule has 23 heavy (non-hydrogen) atoms. The van der Waals surface area contributed by atoms with Crippen LogP contribution in [-0.4, -0.2) is 0 Å². The number of hydrogen-bond acceptors (Lipinski definition) is 0. The Kier molecular flexibility index (Phi) is 7.92. The number of benzene rings is 1. The van der Waals surface area contributed by atoms with Gasteiger partial charge in [-0.05, 0) is 74.7 Å². The highest BCUT2D eigenvalue weighted by Crippen LogP contribution is 2.35. The molecule has 1 aromatic rings. The predicted octanol–water partition coefficient (Wildman–Crippen LogP) is 7.20. The Morgan fingerprint density at radius 3 is 2.48 bits per heavy atom. The van der Waals surface area contributed by atoms with E-state index in [9.17, 15) is 0 Å². The van der Waals surface area contributed by atoms with Gasteiger partial charge in [-0.3, -0.25) is 0 Å². The van der Waals surface area contributed by atoms with Crippen LogP contribution in [0.2, 0.25) is 0 Å². The van der Waals surface area contributed by atoms with Crippen molar-refractivity contribution in [2.45, 2.75) is 78.6 Å². The molecule has 0 amide bonds. The summed E-state index contributed by atoms with van der Waals surface area (Å²) in [6.07, 6.45) is 14.8. The van der Waals surface area contributed by atoms with Crippen LogP contribution in [-0.2, 0) is 6.42 Å². The summed E-state index contributed by atoms with van der Waals surface area (Å²) in [6.45, 7) is 7.12. The van der Waals surface area contributed by atoms with Crippen LogP contribution in [0.15, 0.2) is 42.0 Å². The normalized spacial score (nSPS) is 20.8. The van der Waals surface area contributed by atoms with Crippen molar-refractivity contribution in [2.24, 2.45) is 17.8 Å². The molecule has 0 saturated heterocycles. The molecule has 3 atom stereocenters. The number of rotatable bonds is 9. The Hall–Kier alpha value is -1.04. The summed E-state index contributed by atoms with van der Waals surface area (Å²) in [5, 5.41) is 0. The minimum Gasteiger partial charge on any atom is -0.0848 e. The molecule has 0 fully saturated rings. The first kappa shape index (κ1) is 18.3. The van der Waals surface area contributed by atoms with E-state index in [0.717, 1.165) is 17.8 Å². The lowest BCUT2D eigenvalue weighted by Gasteiger charge is -2.28. The van der Waals surface area contributed by atoms with Crippen LogP contribution in [0.5, 0.6) is 0 Å². The molecule has 0 N–H and O–H groups in total. The van der Waals surface area contributed by atoms with E-state index < -0.39 is 0 Å². The summed E-state index contributed by atoms with van der Waals surface area (Å²) in [5.41, 5.74) is 3.27. The van der Waals surface area contributed by atoms with Crippen molar-refractivity contribution < 1.29 is 0 Å². The summed E-state index contributed by atoms with van der Waals surface area (Å²) in [5.74, 6) is 2.70. The lowest BCUT2D eigenvalue weighted by Crippen LogP contribution is -2.14. The van der Waals surface area contributed by atoms with Gasteiger partial charge in [0, 0.05) is 0 Å². The summed E-state index contributed by atoms with van der Waals surface area (Å²) in [4.78, 5) is 0. The number of allylic oxidation sites excluding steroid dienone is 2. The van der Waals surface area contributed by atoms with Crippen LogP contribution < -0.4 is 0 Å². The van der Waals surface area contributed by atoms with Gasteiger partial charge < -0.3 is 0 Å². The average Bonchev–Trinajstić information content (AvgIpc) is 2.60. The maximum Gasteiger partial charge on any atom is -0.0206 e. The molecule has 1 aromatic carbocycles. The summed E-state index contributed by atoms with van der Waals surface area (Å²) < 4.78 is 0. The fraction of sp³-hybridized carbons (Fsp3) is 0.652. The molecule has 0 bridgehead atoms. The van der Waals surface area contributed by atoms with Crippen molar-refractivity contribution in [2.75, 3.05) is 0 Å². The minimum absolute atomic E-state index is 0.836. The van der Waals surface area contributed by atoms with E-state index in [1.165, 1.54) is 63.4 Å². The summed E-state index contributed by atoms with van der Waals surface area (Å²) in [6, 6.07) is 11.0. The van der Waals surface area contributed by atoms with E-state index in [-0.39, 0.29) is 0 Å². The molecule has 0 saturated carbocycles. The molecule has 1 aliphatic rings. The van der Waals surface area contributed by atoms with Crippen LogP contribution in [0.1, 0.15) is 77.7 Å². The highest BCUT2D eigenvalue weighted by molar-refractivity contribution is 5.15. The van der Waals surface area contributed by atoms with Crippen molar-refractivity contribution in [1.82, 2.24) is 0 Å². The zero-order chi connectivity index (χ0) is 16.5. The van der Waals surface area contributed by atoms with Crippen molar-refractivity contribution in [3.8, 4) is 0 Å². The van der Waals surface area contributed by atoms with Crippen LogP contribution >= 0.6 is 0 Å². The van der Waals surface area contributed by atoms with Crippen LogP contribution in [0.25, 0.3) is 0 Å². The van der Waals surface area contributed by atoms with Crippen LogP contribution in [0.3, 0.4) is 0 Å². The molecular weight excluding hydrogens is 276 g/mol. The highest BCUT2D eigenvalue weighted by atomic mass is 14.3. The van der Waals surface area contributed by atoms with Gasteiger partial charge in [0.1, 0.15) is 0 Å². The van der Waals surface area contributed by atoms with Crippen molar-refractivity contribution >= 4 is 0 Å². The molecule has 0 aromatic heterocycles. The standard InChI is InChI=1S/C23H36/c1-4-19(3)18-21-14-16-23(17-15-21)22(5-2)13-9-12-20-10-7-6-8-11-20/h6-8,10-11,16,19,21-22H,4-5,9,12-15,17-18H2,1-3H3. The largest absolute Gasteiger partial charge is 0.0848 e. The zero-order valence-electron chi connectivity index (χ0n) is 15.6. The maximum atomic E-state index is 2.62. The molecular formula is C23H36. The summed E-state index contributed by atoms with van der Waals surface area (Å²) in [7, 11) is 0. The average molecular weight is 313 g/mol. The van der Waals surface area contributed by atoms with Crippen LogP contribution in [0.4, 0.5) is 0 Å². The van der Waals surface area contributed by atoms with Gasteiger partial charge in [0.2, 0.25) is 0 Å². The van der Waals surface area contributed by atoms with Crippen molar-refractivity contribution in [1.29, 1.82) is 0 Å². The third kappa shape index (κ3) is 6.16. The molecule has 0 spiro atoms. The van der Waals surface area contributed by atoms with Crippen molar-refractivity contribution in [3.05, 3.63) is 47.5 Å². The van der Waals surface area contributed by atoms with Gasteiger partial charge in [0.05, 0.1) is 0 Å². The third-order valence-corrected chi connectivity index (χ3v) is 5.87. The first-order valence-corrected chi connectivity index (χ1v) is 9.95. The van der Waals surface area contributed by atoms with Gasteiger partial charge in [-0.2, -0.15) is 0 Å². The van der Waals surface area contributed by atoms with E-state index >= 15 is 0 Å². The van der Waals surface area contributed by atoms with Gasteiger partial charge in [0.25, 0.3) is 0 Å². The third-order valence-electron chi connectivity index (χ3n) is 5.87. The highest BCUT2D eigenvalue weighted by Gasteiger charge is 2.20. The molecule has 0 radical (unpaired) electrons. The minimum atomic E-state index is 0.836. The lowest BCUT2D eigenvalue weighted by atomic mass is 9.78. The Balaban J connectivity index is 1.77. The SMILES string of the molecule is CCC(C)CC1CC=C(C(CC)CCCc2ccccc2)CC1. The fourth-order valence-electron chi connectivity index (χ4n) is 4.08. The second-order valence-electron chi connectivity index (χ2n) is 7.65. The number of hydrogen-bond donors (Lipinski definition) is 0. The van der Waals surface area contributed by atoms with Gasteiger partial charge in [-0.25, -0.2) is 0 Å². The van der Waals surface area contributed by atoms with E-state index in [2.05, 4.69) is 57.2 Å². The lowest BCUT2D eigenvalue weighted by molar-refractivity contribution is 0.343. The van der Waals surface area contributed by atoms with E-state index in [1.54, 1.807) is 5.57 Å². The molecule has 3 unspecified atom stereocenters. The molecule has 0 heterocycles. The smallest absolute Gasteiger partial charge is 0.0206 e. The Labute approximate surface area is 144 Å². The van der Waals surface area contributed by atoms with Gasteiger partial charge in [-0.1, -0.05) is 69.2 Å². The second kappa shape index (κ2) is 9.96. The maximum absolute atomic E-state index is 2.62. The van der Waals surface area contributed by atoms with Gasteiger partial charge in [0.15, 0.2) is 0 Å². The zero-order valence-corrected chi connectivity index (χ0v) is 15.6. The molecule has 128 valence electrons. The fourth-order valence-corrected chi connectivity index (χ4v) is 4.08. The summed E-state index contributed by atoms with van der Waals surface area (Å²) >= 11 is 0. The topological polar surface area (TPSA) is 0 Å². The molecule has 0 aliphatic heterocycles. The molecule has 1 aliphatic carbocycles. The predicted molar refractivity (Wildman–Crippen MR) is 103 cm³/mol. The first-order chi connectivity index (χ1) is 11.2. The number of aryl methyl sites for hydroxylation is 1. The molecule has 0 heteroatoms. The van der Waals surface area contributed by atoms with Gasteiger partial charge >= 0.3 is 0 Å². The second-order valence-corrected chi connectivity index (χ2v) is 7.65. The Morgan fingerprint density at radius 1 is 1.09 bits per heavy atom. The van der Waals surface area contributed by atoms with E-state index in [4.69, 9.17) is 0 Å². The van der Waals surface area contributed by atoms with E-state index in [0.29, 0.717) is 0 Å². The van der Waals surface area contributed by atoms with Crippen LogP contribution in [0, 0.1) is 17.8 Å². The Morgan fingerprint density at radius 2 is 1.87 bits per heavy atom. The van der Waals surface area contributed by atoms with Crippen molar-refractivity contribution in [3.63, 3.8) is 0 Å². The molecule has 2 rings (SSSR count). The Bertz CT molecular complexity index is 456. The van der Waals surface area contributed by atoms with E-state index in [1.807, 2.05) is 0 Å².